The van der Waals surface area contributed by atoms with E-state index < -0.39 is 46.9 Å². The third-order valence-electron chi connectivity index (χ3n) is 7.45. The predicted octanol–water partition coefficient (Wildman–Crippen LogP) is 6.95. The van der Waals surface area contributed by atoms with Crippen LogP contribution in [-0.2, 0) is 26.7 Å². The van der Waals surface area contributed by atoms with E-state index in [1.165, 1.54) is 48.5 Å². The summed E-state index contributed by atoms with van der Waals surface area (Å²) in [5, 5.41) is 9.00. The van der Waals surface area contributed by atoms with Gasteiger partial charge < -0.3 is 19.3 Å². The van der Waals surface area contributed by atoms with E-state index in [1.807, 2.05) is 4.90 Å². The van der Waals surface area contributed by atoms with Crippen LogP contribution in [0.15, 0.2) is 65.6 Å². The molecule has 2 fully saturated rings. The van der Waals surface area contributed by atoms with E-state index in [9.17, 15) is 40.7 Å². The molecule has 17 heteroatoms. The van der Waals surface area contributed by atoms with Gasteiger partial charge in [0.15, 0.2) is 0 Å². The van der Waals surface area contributed by atoms with E-state index in [0.29, 0.717) is 38.4 Å². The lowest BCUT2D eigenvalue weighted by molar-refractivity contribution is -0.143. The molecule has 0 atom stereocenters. The number of rotatable bonds is 10. The van der Waals surface area contributed by atoms with Gasteiger partial charge in [-0.25, -0.2) is 4.79 Å². The van der Waals surface area contributed by atoms with Crippen molar-refractivity contribution in [3.63, 3.8) is 0 Å². The van der Waals surface area contributed by atoms with Gasteiger partial charge in [-0.1, -0.05) is 30.0 Å². The highest BCUT2D eigenvalue weighted by atomic mass is 32.2. The molecular formula is C33H26F6N2O7S2. The molecule has 2 aliphatic rings. The maximum atomic E-state index is 13.7. The van der Waals surface area contributed by atoms with E-state index in [4.69, 9.17) is 31.5 Å². The number of morpholine rings is 1. The van der Waals surface area contributed by atoms with Crippen LogP contribution in [0.1, 0.15) is 33.5 Å². The smallest absolute Gasteiger partial charge is 0.416 e. The fraction of sp³-hybridized carbons (Fsp3) is 0.273. The number of thioether (sulfide) groups is 1. The topological polar surface area (TPSA) is 106 Å². The van der Waals surface area contributed by atoms with E-state index >= 15 is 0 Å². The highest BCUT2D eigenvalue weighted by molar-refractivity contribution is 8.26. The Labute approximate surface area is 290 Å². The van der Waals surface area contributed by atoms with E-state index in [2.05, 4.69) is 0 Å². The standard InChI is InChI=1S/C33H26F6N2O7S2/c34-32(35,36)22-15-21(16-23(17-22)33(37,38)39)25-13-19(1-6-26(25)47-18-40-9-11-46-12-10-40)14-27-29(43)41(31(49)50-27)8-7-28(42)48-24-4-2-20(3-5-24)30(44)45/h1-6,13-17H,7-12,18H2,(H,44,45). The van der Waals surface area contributed by atoms with Crippen LogP contribution in [0, 0.1) is 0 Å². The molecule has 0 radical (unpaired) electrons. The molecule has 2 saturated heterocycles. The maximum Gasteiger partial charge on any atom is 0.416 e. The van der Waals surface area contributed by atoms with Gasteiger partial charge in [0.1, 0.15) is 22.6 Å². The van der Waals surface area contributed by atoms with Gasteiger partial charge in [0.25, 0.3) is 5.91 Å². The summed E-state index contributed by atoms with van der Waals surface area (Å²) in [6.07, 6.45) is -9.03. The number of esters is 1. The minimum Gasteiger partial charge on any atom is -0.478 e. The summed E-state index contributed by atoms with van der Waals surface area (Å²) in [7, 11) is 0. The molecule has 0 spiro atoms. The monoisotopic (exact) mass is 740 g/mol. The minimum atomic E-state index is -5.08. The number of hydrogen-bond acceptors (Lipinski definition) is 9. The Morgan fingerprint density at radius 3 is 2.18 bits per heavy atom. The van der Waals surface area contributed by atoms with Crippen molar-refractivity contribution < 1.29 is 60.0 Å². The third-order valence-corrected chi connectivity index (χ3v) is 8.83. The highest BCUT2D eigenvalue weighted by Gasteiger charge is 2.37. The molecule has 0 bridgehead atoms. The van der Waals surface area contributed by atoms with Gasteiger partial charge in [-0.3, -0.25) is 19.4 Å². The molecule has 3 aromatic rings. The number of thiocarbonyl (C=S) groups is 1. The molecule has 0 aromatic heterocycles. The number of ether oxygens (including phenoxy) is 3. The van der Waals surface area contributed by atoms with Gasteiger partial charge in [-0.2, -0.15) is 26.3 Å². The summed E-state index contributed by atoms with van der Waals surface area (Å²) < 4.78 is 98.9. The van der Waals surface area contributed by atoms with Crippen molar-refractivity contribution in [2.45, 2.75) is 18.8 Å². The van der Waals surface area contributed by atoms with Crippen molar-refractivity contribution in [3.8, 4) is 22.6 Å². The molecule has 1 amide bonds. The van der Waals surface area contributed by atoms with E-state index in [1.54, 1.807) is 0 Å². The van der Waals surface area contributed by atoms with Crippen LogP contribution in [0.4, 0.5) is 26.3 Å². The molecule has 9 nitrogen and oxygen atoms in total. The molecule has 0 aliphatic carbocycles. The van der Waals surface area contributed by atoms with Crippen molar-refractivity contribution in [2.24, 2.45) is 0 Å². The first-order valence-electron chi connectivity index (χ1n) is 14.7. The van der Waals surface area contributed by atoms with E-state index in [-0.39, 0.29) is 63.2 Å². The second kappa shape index (κ2) is 15.2. The summed E-state index contributed by atoms with van der Waals surface area (Å²) in [5.41, 5.74) is -3.21. The van der Waals surface area contributed by atoms with Crippen molar-refractivity contribution in [1.29, 1.82) is 0 Å². The average Bonchev–Trinajstić information content (AvgIpc) is 3.33. The number of carboxylic acid groups (broad SMARTS) is 1. The Morgan fingerprint density at radius 2 is 1.58 bits per heavy atom. The van der Waals surface area contributed by atoms with Crippen LogP contribution < -0.4 is 9.47 Å². The molecule has 5 rings (SSSR count). The van der Waals surface area contributed by atoms with Crippen LogP contribution in [0.5, 0.6) is 11.5 Å². The van der Waals surface area contributed by atoms with Crippen molar-refractivity contribution >= 4 is 52.2 Å². The van der Waals surface area contributed by atoms with Gasteiger partial charge >= 0.3 is 24.3 Å². The maximum absolute atomic E-state index is 13.7. The molecule has 2 heterocycles. The van der Waals surface area contributed by atoms with Gasteiger partial charge in [0.2, 0.25) is 0 Å². The summed E-state index contributed by atoms with van der Waals surface area (Å²) in [4.78, 5) is 39.8. The van der Waals surface area contributed by atoms with Crippen molar-refractivity contribution in [3.05, 3.63) is 87.8 Å². The first kappa shape index (κ1) is 36.8. The molecule has 0 unspecified atom stereocenters. The van der Waals surface area contributed by atoms with Gasteiger partial charge in [-0.05, 0) is 71.8 Å². The minimum absolute atomic E-state index is 0.00249. The van der Waals surface area contributed by atoms with Gasteiger partial charge in [0, 0.05) is 25.2 Å². The number of carbonyl (C=O) groups excluding carboxylic acids is 2. The Kier molecular flexibility index (Phi) is 11.2. The van der Waals surface area contributed by atoms with Crippen LogP contribution in [0.2, 0.25) is 0 Å². The third kappa shape index (κ3) is 9.21. The average molecular weight is 741 g/mol. The molecule has 3 aromatic carbocycles. The normalized spacial score (nSPS) is 16.6. The number of aromatic carboxylic acids is 1. The fourth-order valence-corrected chi connectivity index (χ4v) is 6.19. The summed E-state index contributed by atoms with van der Waals surface area (Å²) in [5.74, 6) is -2.33. The molecule has 2 aliphatic heterocycles. The van der Waals surface area contributed by atoms with Crippen LogP contribution in [0.25, 0.3) is 17.2 Å². The number of benzene rings is 3. The largest absolute Gasteiger partial charge is 0.478 e. The second-order valence-electron chi connectivity index (χ2n) is 10.9. The Balaban J connectivity index is 1.39. The summed E-state index contributed by atoms with van der Waals surface area (Å²) in [6, 6.07) is 10.6. The molecule has 0 saturated carbocycles. The van der Waals surface area contributed by atoms with Crippen molar-refractivity contribution in [2.75, 3.05) is 39.6 Å². The lowest BCUT2D eigenvalue weighted by atomic mass is 9.96. The SMILES string of the molecule is O=C(CCN1C(=O)C(=Cc2ccc(OCN3CCOCC3)c(-c3cc(C(F)(F)F)cc(C(F)(F)F)c3)c2)SC1=S)Oc1ccc(C(=O)O)cc1. The number of hydrogen-bond donors (Lipinski definition) is 1. The fourth-order valence-electron chi connectivity index (χ4n) is 4.89. The lowest BCUT2D eigenvalue weighted by Gasteiger charge is -2.27. The Bertz CT molecular complexity index is 1790. The quantitative estimate of drug-likeness (QED) is 0.0772. The number of carboxylic acids is 1. The van der Waals surface area contributed by atoms with E-state index in [0.717, 1.165) is 16.7 Å². The zero-order valence-electron chi connectivity index (χ0n) is 25.7. The van der Waals surface area contributed by atoms with Crippen LogP contribution in [0.3, 0.4) is 0 Å². The number of halogens is 6. The summed E-state index contributed by atoms with van der Waals surface area (Å²) >= 11 is 6.22. The van der Waals surface area contributed by atoms with Crippen LogP contribution in [-0.4, -0.2) is 76.7 Å². The molecule has 50 heavy (non-hydrogen) atoms. The lowest BCUT2D eigenvalue weighted by Crippen LogP contribution is -2.38. The zero-order valence-corrected chi connectivity index (χ0v) is 27.3. The molecule has 264 valence electrons. The zero-order chi connectivity index (χ0) is 36.2. The van der Waals surface area contributed by atoms with Gasteiger partial charge in [-0.15, -0.1) is 0 Å². The molecular weight excluding hydrogens is 714 g/mol. The number of carbonyl (C=O) groups is 3. The number of alkyl halides is 6. The van der Waals surface area contributed by atoms with Crippen LogP contribution >= 0.6 is 24.0 Å². The Hall–Kier alpha value is -4.45. The predicted molar refractivity (Wildman–Crippen MR) is 173 cm³/mol. The van der Waals surface area contributed by atoms with Gasteiger partial charge in [0.05, 0.1) is 41.2 Å². The highest BCUT2D eigenvalue weighted by Crippen LogP contribution is 2.42. The Morgan fingerprint density at radius 1 is 0.940 bits per heavy atom. The second-order valence-corrected chi connectivity index (χ2v) is 12.6. The first-order chi connectivity index (χ1) is 23.6. The summed E-state index contributed by atoms with van der Waals surface area (Å²) in [6.45, 7) is 1.72. The molecule has 1 N–H and O–H groups in total. The number of amides is 1. The first-order valence-corrected chi connectivity index (χ1v) is 16.0. The van der Waals surface area contributed by atoms with Crippen molar-refractivity contribution in [1.82, 2.24) is 9.80 Å². The number of nitrogens with zero attached hydrogens (tertiary/aromatic N) is 2.